The zero-order valence-corrected chi connectivity index (χ0v) is 7.77. The molecule has 0 unspecified atom stereocenters. The molecule has 2 aromatic rings. The molecule has 3 heteroatoms. The Bertz CT molecular complexity index is 348. The van der Waals surface area contributed by atoms with Crippen molar-refractivity contribution in [3.63, 3.8) is 0 Å². The molecule has 0 aliphatic rings. The van der Waals surface area contributed by atoms with E-state index in [4.69, 9.17) is 0 Å². The van der Waals surface area contributed by atoms with Gasteiger partial charge in [0.05, 0.1) is 11.9 Å². The van der Waals surface area contributed by atoms with Gasteiger partial charge in [-0.15, -0.1) is 11.3 Å². The number of fused-ring (bicyclic) bond motifs is 1. The maximum Gasteiger partial charge on any atom is 0.123 e. The van der Waals surface area contributed by atoms with Gasteiger partial charge >= 0.3 is 0 Å². The second-order valence-corrected chi connectivity index (χ2v) is 3.84. The van der Waals surface area contributed by atoms with Gasteiger partial charge in [-0.2, -0.15) is 0 Å². The Kier molecular flexibility index (Phi) is 2.06. The topological polar surface area (TPSA) is 29.5 Å². The van der Waals surface area contributed by atoms with Crippen LogP contribution in [-0.4, -0.2) is 12.0 Å². The molecule has 2 rings (SSSR count). The van der Waals surface area contributed by atoms with E-state index in [-0.39, 0.29) is 0 Å². The molecule has 0 amide bonds. The summed E-state index contributed by atoms with van der Waals surface area (Å²) in [6.45, 7) is 1.06. The zero-order valence-electron chi connectivity index (χ0n) is 6.95. The first-order valence-electron chi connectivity index (χ1n) is 4.01. The fourth-order valence-corrected chi connectivity index (χ4v) is 2.27. The Labute approximate surface area is 75.3 Å². The molecule has 2 heterocycles. The van der Waals surface area contributed by atoms with E-state index in [1.807, 2.05) is 12.3 Å². The molecule has 2 aromatic heterocycles. The number of aromatic nitrogens is 1. The van der Waals surface area contributed by atoms with Crippen molar-refractivity contribution in [3.8, 4) is 0 Å². The summed E-state index contributed by atoms with van der Waals surface area (Å²) in [5.41, 5.74) is 0. The number of hydrogen-bond donors (Lipinski definition) is 1. The molecule has 0 spiro atoms. The van der Waals surface area contributed by atoms with Crippen LogP contribution in [0, 0.1) is 0 Å². The Balaban J connectivity index is 2.47. The number of pyridine rings is 1. The molecular formula is C9H11N2S+. The molecule has 0 bridgehead atoms. The number of quaternary nitrogens is 1. The monoisotopic (exact) mass is 179 g/mol. The molecule has 0 radical (unpaired) electrons. The molecule has 0 aromatic carbocycles. The van der Waals surface area contributed by atoms with Crippen molar-refractivity contribution < 1.29 is 5.32 Å². The van der Waals surface area contributed by atoms with Gasteiger partial charge in [0, 0.05) is 11.6 Å². The third-order valence-electron chi connectivity index (χ3n) is 1.75. The second kappa shape index (κ2) is 3.21. The summed E-state index contributed by atoms with van der Waals surface area (Å²) in [5.74, 6) is 0. The lowest BCUT2D eigenvalue weighted by Crippen LogP contribution is -2.77. The second-order valence-electron chi connectivity index (χ2n) is 2.72. The number of nitrogens with two attached hydrogens (primary N) is 1. The first kappa shape index (κ1) is 7.71. The molecule has 0 saturated heterocycles. The third kappa shape index (κ3) is 1.33. The van der Waals surface area contributed by atoms with Gasteiger partial charge in [0.15, 0.2) is 0 Å². The third-order valence-corrected chi connectivity index (χ3v) is 2.83. The van der Waals surface area contributed by atoms with Crippen LogP contribution in [0.3, 0.4) is 0 Å². The molecule has 0 atom stereocenters. The maximum atomic E-state index is 4.29. The molecule has 0 aliphatic carbocycles. The van der Waals surface area contributed by atoms with Crippen LogP contribution in [0.2, 0.25) is 0 Å². The van der Waals surface area contributed by atoms with Crippen LogP contribution in [0.5, 0.6) is 0 Å². The molecule has 0 saturated carbocycles. The Morgan fingerprint density at radius 1 is 1.58 bits per heavy atom. The highest BCUT2D eigenvalue weighted by Gasteiger charge is 2.01. The Hall–Kier alpha value is -0.930. The van der Waals surface area contributed by atoms with Crippen LogP contribution in [0.25, 0.3) is 10.2 Å². The van der Waals surface area contributed by atoms with E-state index >= 15 is 0 Å². The average Bonchev–Trinajstić information content (AvgIpc) is 2.47. The largest absolute Gasteiger partial charge is 0.344 e. The summed E-state index contributed by atoms with van der Waals surface area (Å²) < 4.78 is 0. The molecule has 0 fully saturated rings. The first-order valence-corrected chi connectivity index (χ1v) is 4.83. The number of rotatable bonds is 2. The zero-order chi connectivity index (χ0) is 8.39. The summed E-state index contributed by atoms with van der Waals surface area (Å²) in [6, 6.07) is 6.31. The van der Waals surface area contributed by atoms with Crippen LogP contribution >= 0.6 is 11.3 Å². The number of hydrogen-bond acceptors (Lipinski definition) is 2. The minimum Gasteiger partial charge on any atom is -0.344 e. The van der Waals surface area contributed by atoms with Crippen molar-refractivity contribution >= 4 is 21.6 Å². The molecule has 2 N–H and O–H groups in total. The summed E-state index contributed by atoms with van der Waals surface area (Å²) in [5, 5.41) is 3.43. The fourth-order valence-electron chi connectivity index (χ4n) is 1.23. The molecular weight excluding hydrogens is 168 g/mol. The predicted octanol–water partition coefficient (Wildman–Crippen LogP) is 0.989. The average molecular weight is 179 g/mol. The number of thiophene rings is 1. The van der Waals surface area contributed by atoms with Crippen molar-refractivity contribution in [2.75, 3.05) is 7.05 Å². The van der Waals surface area contributed by atoms with E-state index < -0.39 is 0 Å². The van der Waals surface area contributed by atoms with Gasteiger partial charge in [-0.3, -0.25) is 0 Å². The standard InChI is InChI=1S/C9H10N2S/c1-10-6-8-5-7-3-2-4-11-9(7)12-8/h2-5,10H,6H2,1H3/p+1. The van der Waals surface area contributed by atoms with Crippen molar-refractivity contribution in [3.05, 3.63) is 29.3 Å². The van der Waals surface area contributed by atoms with Gasteiger partial charge in [0.25, 0.3) is 0 Å². The SMILES string of the molecule is C[NH2+]Cc1cc2cccnc2s1. The van der Waals surface area contributed by atoms with E-state index in [2.05, 4.69) is 29.5 Å². The van der Waals surface area contributed by atoms with E-state index in [9.17, 15) is 0 Å². The van der Waals surface area contributed by atoms with Crippen LogP contribution in [0.15, 0.2) is 24.4 Å². The summed E-state index contributed by atoms with van der Waals surface area (Å²) in [4.78, 5) is 6.83. The van der Waals surface area contributed by atoms with E-state index in [0.717, 1.165) is 11.4 Å². The van der Waals surface area contributed by atoms with E-state index in [1.165, 1.54) is 10.3 Å². The minimum absolute atomic E-state index is 1.06. The summed E-state index contributed by atoms with van der Waals surface area (Å²) >= 11 is 1.78. The van der Waals surface area contributed by atoms with E-state index in [1.54, 1.807) is 11.3 Å². The fraction of sp³-hybridized carbons (Fsp3) is 0.222. The lowest BCUT2D eigenvalue weighted by molar-refractivity contribution is -0.642. The highest BCUT2D eigenvalue weighted by molar-refractivity contribution is 7.18. The van der Waals surface area contributed by atoms with Crippen LogP contribution in [-0.2, 0) is 6.54 Å². The molecule has 0 aliphatic heterocycles. The normalized spacial score (nSPS) is 10.8. The smallest absolute Gasteiger partial charge is 0.123 e. The van der Waals surface area contributed by atoms with Gasteiger partial charge in [-0.05, 0) is 12.1 Å². The summed E-state index contributed by atoms with van der Waals surface area (Å²) in [6.07, 6.45) is 1.85. The van der Waals surface area contributed by atoms with Crippen LogP contribution in [0.4, 0.5) is 0 Å². The Morgan fingerprint density at radius 3 is 3.25 bits per heavy atom. The minimum atomic E-state index is 1.06. The molecule has 12 heavy (non-hydrogen) atoms. The molecule has 2 nitrogen and oxygen atoms in total. The lowest BCUT2D eigenvalue weighted by Gasteiger charge is -1.86. The first-order chi connectivity index (χ1) is 5.90. The van der Waals surface area contributed by atoms with Crippen LogP contribution in [0.1, 0.15) is 4.88 Å². The van der Waals surface area contributed by atoms with Crippen molar-refractivity contribution in [2.24, 2.45) is 0 Å². The Morgan fingerprint density at radius 2 is 2.50 bits per heavy atom. The van der Waals surface area contributed by atoms with Crippen molar-refractivity contribution in [1.29, 1.82) is 0 Å². The number of nitrogens with zero attached hydrogens (tertiary/aromatic N) is 1. The molecule has 62 valence electrons. The highest BCUT2D eigenvalue weighted by atomic mass is 32.1. The lowest BCUT2D eigenvalue weighted by atomic mass is 10.3. The van der Waals surface area contributed by atoms with Gasteiger partial charge in [-0.1, -0.05) is 6.07 Å². The summed E-state index contributed by atoms with van der Waals surface area (Å²) in [7, 11) is 2.08. The van der Waals surface area contributed by atoms with Crippen molar-refractivity contribution in [1.82, 2.24) is 4.98 Å². The van der Waals surface area contributed by atoms with Gasteiger partial charge < -0.3 is 5.32 Å². The van der Waals surface area contributed by atoms with E-state index in [0.29, 0.717) is 0 Å². The predicted molar refractivity (Wildman–Crippen MR) is 51.2 cm³/mol. The van der Waals surface area contributed by atoms with Gasteiger partial charge in [0.2, 0.25) is 0 Å². The van der Waals surface area contributed by atoms with Gasteiger partial charge in [0.1, 0.15) is 11.4 Å². The highest BCUT2D eigenvalue weighted by Crippen LogP contribution is 2.21. The maximum absolute atomic E-state index is 4.29. The quantitative estimate of drug-likeness (QED) is 0.732. The van der Waals surface area contributed by atoms with Gasteiger partial charge in [-0.25, -0.2) is 4.98 Å². The van der Waals surface area contributed by atoms with Crippen molar-refractivity contribution in [2.45, 2.75) is 6.54 Å². The van der Waals surface area contributed by atoms with Crippen LogP contribution < -0.4 is 5.32 Å².